The number of benzene rings is 1. The van der Waals surface area contributed by atoms with Crippen LogP contribution < -0.4 is 10.1 Å². The first kappa shape index (κ1) is 12.7. The van der Waals surface area contributed by atoms with Crippen molar-refractivity contribution in [2.45, 2.75) is 31.9 Å². The summed E-state index contributed by atoms with van der Waals surface area (Å²) in [7, 11) is 0. The molecule has 0 radical (unpaired) electrons. The molecular formula is C16H19NOS. The largest absolute Gasteiger partial charge is 0.486 e. The van der Waals surface area contributed by atoms with Crippen LogP contribution in [0.5, 0.6) is 5.75 Å². The van der Waals surface area contributed by atoms with Gasteiger partial charge in [0.25, 0.3) is 0 Å². The van der Waals surface area contributed by atoms with Gasteiger partial charge in [0.15, 0.2) is 0 Å². The van der Waals surface area contributed by atoms with Crippen molar-refractivity contribution in [2.75, 3.05) is 6.54 Å². The molecule has 1 aromatic carbocycles. The molecule has 0 bridgehead atoms. The van der Waals surface area contributed by atoms with E-state index in [1.54, 1.807) is 11.3 Å². The minimum absolute atomic E-state index is 0.182. The predicted octanol–water partition coefficient (Wildman–Crippen LogP) is 3.79. The number of thiophene rings is 1. The van der Waals surface area contributed by atoms with Crippen LogP contribution in [0, 0.1) is 0 Å². The zero-order valence-corrected chi connectivity index (χ0v) is 12.2. The van der Waals surface area contributed by atoms with Crippen LogP contribution in [0.25, 0.3) is 0 Å². The normalized spacial score (nSPS) is 20.0. The number of nitrogens with one attached hydrogen (secondary N) is 1. The molecule has 1 aliphatic rings. The van der Waals surface area contributed by atoms with E-state index in [2.05, 4.69) is 54.2 Å². The molecule has 0 saturated carbocycles. The number of hydrogen-bond donors (Lipinski definition) is 1. The van der Waals surface area contributed by atoms with Gasteiger partial charge in [-0.25, -0.2) is 0 Å². The molecule has 2 heterocycles. The first-order valence-corrected chi connectivity index (χ1v) is 7.63. The molecule has 3 heteroatoms. The zero-order chi connectivity index (χ0) is 13.3. The third kappa shape index (κ3) is 2.53. The maximum atomic E-state index is 6.03. The second-order valence-corrected chi connectivity index (χ2v) is 6.29. The van der Waals surface area contributed by atoms with E-state index in [-0.39, 0.29) is 11.6 Å². The SMILES string of the molecule is CC1(C)Oc2ccccc2C1NCCc1ccsc1. The predicted molar refractivity (Wildman–Crippen MR) is 79.9 cm³/mol. The van der Waals surface area contributed by atoms with Crippen molar-refractivity contribution < 1.29 is 4.74 Å². The monoisotopic (exact) mass is 273 g/mol. The second kappa shape index (κ2) is 4.99. The van der Waals surface area contributed by atoms with Crippen LogP contribution in [0.4, 0.5) is 0 Å². The molecule has 2 aromatic rings. The van der Waals surface area contributed by atoms with Crippen molar-refractivity contribution in [3.8, 4) is 5.75 Å². The Kier molecular flexibility index (Phi) is 3.33. The van der Waals surface area contributed by atoms with Gasteiger partial charge in [0.1, 0.15) is 11.4 Å². The molecule has 0 saturated heterocycles. The van der Waals surface area contributed by atoms with E-state index in [0.717, 1.165) is 18.7 Å². The van der Waals surface area contributed by atoms with Crippen molar-refractivity contribution in [1.29, 1.82) is 0 Å². The number of fused-ring (bicyclic) bond motifs is 1. The number of ether oxygens (including phenoxy) is 1. The molecule has 1 N–H and O–H groups in total. The zero-order valence-electron chi connectivity index (χ0n) is 11.3. The molecule has 0 aliphatic carbocycles. The highest BCUT2D eigenvalue weighted by molar-refractivity contribution is 7.07. The first-order valence-electron chi connectivity index (χ1n) is 6.69. The van der Waals surface area contributed by atoms with E-state index < -0.39 is 0 Å². The molecule has 0 spiro atoms. The summed E-state index contributed by atoms with van der Waals surface area (Å²) in [4.78, 5) is 0. The molecule has 1 unspecified atom stereocenters. The summed E-state index contributed by atoms with van der Waals surface area (Å²) in [6.07, 6.45) is 1.07. The second-order valence-electron chi connectivity index (χ2n) is 5.51. The fourth-order valence-corrected chi connectivity index (χ4v) is 3.38. The molecule has 0 amide bonds. The average molecular weight is 273 g/mol. The van der Waals surface area contributed by atoms with E-state index in [1.807, 2.05) is 6.07 Å². The Morgan fingerprint density at radius 2 is 2.11 bits per heavy atom. The van der Waals surface area contributed by atoms with Gasteiger partial charge in [-0.2, -0.15) is 11.3 Å². The van der Waals surface area contributed by atoms with Crippen molar-refractivity contribution in [3.63, 3.8) is 0 Å². The lowest BCUT2D eigenvalue weighted by atomic mass is 9.94. The highest BCUT2D eigenvalue weighted by atomic mass is 32.1. The van der Waals surface area contributed by atoms with Crippen molar-refractivity contribution in [1.82, 2.24) is 5.32 Å². The van der Waals surface area contributed by atoms with Gasteiger partial charge < -0.3 is 10.1 Å². The van der Waals surface area contributed by atoms with Gasteiger partial charge in [0.05, 0.1) is 6.04 Å². The lowest BCUT2D eigenvalue weighted by molar-refractivity contribution is 0.0968. The Hall–Kier alpha value is -1.32. The van der Waals surface area contributed by atoms with E-state index in [1.165, 1.54) is 11.1 Å². The summed E-state index contributed by atoms with van der Waals surface area (Å²) in [5.41, 5.74) is 2.50. The van der Waals surface area contributed by atoms with Crippen LogP contribution in [0.15, 0.2) is 41.1 Å². The van der Waals surface area contributed by atoms with E-state index in [9.17, 15) is 0 Å². The molecule has 2 nitrogen and oxygen atoms in total. The Balaban J connectivity index is 1.69. The van der Waals surface area contributed by atoms with Crippen molar-refractivity contribution in [3.05, 3.63) is 52.2 Å². The van der Waals surface area contributed by atoms with Crippen molar-refractivity contribution >= 4 is 11.3 Å². The maximum absolute atomic E-state index is 6.03. The first-order chi connectivity index (χ1) is 9.17. The Labute approximate surface area is 118 Å². The summed E-state index contributed by atoms with van der Waals surface area (Å²) < 4.78 is 6.03. The molecular weight excluding hydrogens is 254 g/mol. The third-order valence-corrected chi connectivity index (χ3v) is 4.37. The third-order valence-electron chi connectivity index (χ3n) is 3.64. The van der Waals surface area contributed by atoms with Crippen LogP contribution in [-0.2, 0) is 6.42 Å². The van der Waals surface area contributed by atoms with Crippen molar-refractivity contribution in [2.24, 2.45) is 0 Å². The highest BCUT2D eigenvalue weighted by Crippen LogP contribution is 2.42. The molecule has 100 valence electrons. The summed E-state index contributed by atoms with van der Waals surface area (Å²) in [6.45, 7) is 5.27. The summed E-state index contributed by atoms with van der Waals surface area (Å²) >= 11 is 1.76. The Bertz CT molecular complexity index is 548. The van der Waals surface area contributed by atoms with Gasteiger partial charge >= 0.3 is 0 Å². The fraction of sp³-hybridized carbons (Fsp3) is 0.375. The summed E-state index contributed by atoms with van der Waals surface area (Å²) in [5.74, 6) is 1.01. The average Bonchev–Trinajstić information content (AvgIpc) is 2.96. The topological polar surface area (TPSA) is 21.3 Å². The lowest BCUT2D eigenvalue weighted by Gasteiger charge is -2.27. The van der Waals surface area contributed by atoms with Crippen LogP contribution in [-0.4, -0.2) is 12.1 Å². The van der Waals surface area contributed by atoms with Crippen LogP contribution in [0.1, 0.15) is 31.0 Å². The number of hydrogen-bond acceptors (Lipinski definition) is 3. The van der Waals surface area contributed by atoms with Gasteiger partial charge in [-0.3, -0.25) is 0 Å². The van der Waals surface area contributed by atoms with E-state index >= 15 is 0 Å². The quantitative estimate of drug-likeness (QED) is 0.915. The Morgan fingerprint density at radius 3 is 2.89 bits per heavy atom. The van der Waals surface area contributed by atoms with E-state index in [0.29, 0.717) is 0 Å². The van der Waals surface area contributed by atoms with Gasteiger partial charge in [-0.1, -0.05) is 18.2 Å². The minimum atomic E-state index is -0.182. The lowest BCUT2D eigenvalue weighted by Crippen LogP contribution is -2.39. The molecule has 1 atom stereocenters. The molecule has 19 heavy (non-hydrogen) atoms. The van der Waals surface area contributed by atoms with E-state index in [4.69, 9.17) is 4.74 Å². The van der Waals surface area contributed by atoms with Gasteiger partial charge in [-0.15, -0.1) is 0 Å². The van der Waals surface area contributed by atoms with Gasteiger partial charge in [0, 0.05) is 5.56 Å². The highest BCUT2D eigenvalue weighted by Gasteiger charge is 2.40. The fourth-order valence-electron chi connectivity index (χ4n) is 2.68. The molecule has 0 fully saturated rings. The van der Waals surface area contributed by atoms with Gasteiger partial charge in [0.2, 0.25) is 0 Å². The molecule has 1 aromatic heterocycles. The standard InChI is InChI=1S/C16H19NOS/c1-16(2)15(13-5-3-4-6-14(13)18-16)17-9-7-12-8-10-19-11-12/h3-6,8,10-11,15,17H,7,9H2,1-2H3. The molecule has 1 aliphatic heterocycles. The summed E-state index contributed by atoms with van der Waals surface area (Å²) in [6, 6.07) is 10.8. The number of rotatable bonds is 4. The molecule has 3 rings (SSSR count). The summed E-state index contributed by atoms with van der Waals surface area (Å²) in [5, 5.41) is 7.99. The van der Waals surface area contributed by atoms with Crippen LogP contribution >= 0.6 is 11.3 Å². The smallest absolute Gasteiger partial charge is 0.125 e. The minimum Gasteiger partial charge on any atom is -0.486 e. The Morgan fingerprint density at radius 1 is 1.26 bits per heavy atom. The maximum Gasteiger partial charge on any atom is 0.125 e. The van der Waals surface area contributed by atoms with Gasteiger partial charge in [-0.05, 0) is 55.3 Å². The van der Waals surface area contributed by atoms with Crippen LogP contribution in [0.3, 0.4) is 0 Å². The van der Waals surface area contributed by atoms with Crippen LogP contribution in [0.2, 0.25) is 0 Å². The number of para-hydroxylation sites is 1.